The number of aryl methyl sites for hydroxylation is 1. The highest BCUT2D eigenvalue weighted by Gasteiger charge is 2.15. The Morgan fingerprint density at radius 1 is 1.17 bits per heavy atom. The molecule has 0 aliphatic rings. The number of likely N-dealkylation sites (N-methyl/N-ethyl adjacent to an activating group) is 1. The first-order valence-electron chi connectivity index (χ1n) is 10.4. The van der Waals surface area contributed by atoms with E-state index in [1.54, 1.807) is 6.26 Å². The van der Waals surface area contributed by atoms with Gasteiger partial charge in [-0.25, -0.2) is 0 Å². The molecule has 0 unspecified atom stereocenters. The summed E-state index contributed by atoms with van der Waals surface area (Å²) in [7, 11) is 0. The topological polar surface area (TPSA) is 64.5 Å². The number of H-pyrrole nitrogens is 1. The zero-order chi connectivity index (χ0) is 21.5. The van der Waals surface area contributed by atoms with Crippen LogP contribution in [0.25, 0.3) is 10.9 Å². The Morgan fingerprint density at radius 3 is 2.67 bits per heavy atom. The van der Waals surface area contributed by atoms with E-state index in [0.717, 1.165) is 48.4 Å². The molecule has 0 fully saturated rings. The first-order valence-corrected chi connectivity index (χ1v) is 10.8. The molecule has 3 aromatic rings. The van der Waals surface area contributed by atoms with Crippen molar-refractivity contribution in [3.05, 3.63) is 69.9 Å². The third-order valence-electron chi connectivity index (χ3n) is 5.39. The molecule has 2 N–H and O–H groups in total. The lowest BCUT2D eigenvalue weighted by atomic mass is 10.1. The summed E-state index contributed by atoms with van der Waals surface area (Å²) >= 11 is 5.67. The molecule has 0 aliphatic carbocycles. The largest absolute Gasteiger partial charge is 0.467 e. The molecule has 0 atom stereocenters. The van der Waals surface area contributed by atoms with Gasteiger partial charge in [0.15, 0.2) is 5.11 Å². The van der Waals surface area contributed by atoms with E-state index in [1.165, 1.54) is 0 Å². The Hall–Kier alpha value is -2.64. The molecule has 3 rings (SSSR count). The molecule has 0 aliphatic heterocycles. The first kappa shape index (κ1) is 22.1. The Morgan fingerprint density at radius 2 is 1.97 bits per heavy atom. The minimum absolute atomic E-state index is 0.0709. The van der Waals surface area contributed by atoms with Crippen LogP contribution in [0.3, 0.4) is 0 Å². The third-order valence-corrected chi connectivity index (χ3v) is 5.79. The number of aromatic nitrogens is 1. The molecular formula is C23H30N4O2S. The second-order valence-corrected chi connectivity index (χ2v) is 7.74. The highest BCUT2D eigenvalue weighted by molar-refractivity contribution is 7.80. The van der Waals surface area contributed by atoms with E-state index in [1.807, 2.05) is 43.3 Å². The maximum absolute atomic E-state index is 12.8. The Kier molecular flexibility index (Phi) is 7.65. The molecule has 2 heterocycles. The van der Waals surface area contributed by atoms with Crippen LogP contribution in [0, 0.1) is 6.92 Å². The number of aromatic amines is 1. The van der Waals surface area contributed by atoms with Crippen LogP contribution in [0.15, 0.2) is 51.9 Å². The van der Waals surface area contributed by atoms with E-state index in [-0.39, 0.29) is 5.56 Å². The summed E-state index contributed by atoms with van der Waals surface area (Å²) < 4.78 is 5.39. The number of thiocarbonyl (C=S) groups is 1. The fourth-order valence-corrected chi connectivity index (χ4v) is 3.72. The van der Waals surface area contributed by atoms with Gasteiger partial charge in [0.1, 0.15) is 5.76 Å². The summed E-state index contributed by atoms with van der Waals surface area (Å²) in [5, 5.41) is 4.91. The van der Waals surface area contributed by atoms with E-state index >= 15 is 0 Å². The van der Waals surface area contributed by atoms with Crippen molar-refractivity contribution in [3.63, 3.8) is 0 Å². The highest BCUT2D eigenvalue weighted by Crippen LogP contribution is 2.16. The number of rotatable bonds is 9. The number of hydrogen-bond acceptors (Lipinski definition) is 4. The first-order chi connectivity index (χ1) is 14.5. The van der Waals surface area contributed by atoms with Crippen molar-refractivity contribution >= 4 is 28.2 Å². The van der Waals surface area contributed by atoms with Gasteiger partial charge in [0, 0.05) is 18.7 Å². The van der Waals surface area contributed by atoms with Crippen molar-refractivity contribution in [2.75, 3.05) is 26.2 Å². The average Bonchev–Trinajstić information content (AvgIpc) is 3.26. The molecule has 0 saturated heterocycles. The summed E-state index contributed by atoms with van der Waals surface area (Å²) in [6.45, 7) is 10.8. The van der Waals surface area contributed by atoms with Crippen LogP contribution in [0.4, 0.5) is 0 Å². The molecular weight excluding hydrogens is 396 g/mol. The summed E-state index contributed by atoms with van der Waals surface area (Å²) in [6, 6.07) is 11.8. The molecule has 2 aromatic heterocycles. The fourth-order valence-electron chi connectivity index (χ4n) is 3.49. The molecule has 30 heavy (non-hydrogen) atoms. The number of nitrogens with zero attached hydrogens (tertiary/aromatic N) is 2. The van der Waals surface area contributed by atoms with Crippen molar-refractivity contribution in [2.45, 2.75) is 33.9 Å². The average molecular weight is 427 g/mol. The van der Waals surface area contributed by atoms with Crippen molar-refractivity contribution in [2.24, 2.45) is 0 Å². The number of pyridine rings is 1. The van der Waals surface area contributed by atoms with Crippen molar-refractivity contribution in [1.29, 1.82) is 0 Å². The van der Waals surface area contributed by atoms with Crippen LogP contribution in [-0.4, -0.2) is 46.1 Å². The Labute approximate surface area is 182 Å². The standard InChI is InChI=1S/C23H30N4O2S/c1-4-26(5-2)11-12-27(23(30)24-15-20-10-7-13-29-20)16-19-14-18-9-6-8-17(3)21(18)25-22(19)28/h6-10,13-14H,4-5,11-12,15-16H2,1-3H3,(H,24,30)(H,25,28). The molecule has 7 heteroatoms. The molecule has 0 saturated carbocycles. The smallest absolute Gasteiger partial charge is 0.253 e. The van der Waals surface area contributed by atoms with Crippen LogP contribution < -0.4 is 10.9 Å². The maximum Gasteiger partial charge on any atom is 0.253 e. The van der Waals surface area contributed by atoms with Gasteiger partial charge in [0.25, 0.3) is 5.56 Å². The minimum Gasteiger partial charge on any atom is -0.467 e. The van der Waals surface area contributed by atoms with Crippen LogP contribution in [0.5, 0.6) is 0 Å². The van der Waals surface area contributed by atoms with Gasteiger partial charge in [-0.2, -0.15) is 0 Å². The van der Waals surface area contributed by atoms with Crippen molar-refractivity contribution in [3.8, 4) is 0 Å². The van der Waals surface area contributed by atoms with Crippen molar-refractivity contribution in [1.82, 2.24) is 20.1 Å². The molecule has 0 spiro atoms. The third kappa shape index (κ3) is 5.49. The lowest BCUT2D eigenvalue weighted by Gasteiger charge is -2.28. The van der Waals surface area contributed by atoms with Gasteiger partial charge < -0.3 is 24.5 Å². The summed E-state index contributed by atoms with van der Waals surface area (Å²) in [5.74, 6) is 0.820. The minimum atomic E-state index is -0.0709. The van der Waals surface area contributed by atoms with Crippen molar-refractivity contribution < 1.29 is 4.42 Å². The second kappa shape index (κ2) is 10.4. The fraction of sp³-hybridized carbons (Fsp3) is 0.391. The van der Waals surface area contributed by atoms with E-state index in [9.17, 15) is 4.79 Å². The van der Waals surface area contributed by atoms with Gasteiger partial charge in [-0.15, -0.1) is 0 Å². The van der Waals surface area contributed by atoms with Crippen LogP contribution in [-0.2, 0) is 13.1 Å². The van der Waals surface area contributed by atoms with E-state index in [4.69, 9.17) is 16.6 Å². The number of hydrogen-bond donors (Lipinski definition) is 2. The number of furan rings is 1. The lowest BCUT2D eigenvalue weighted by Crippen LogP contribution is -2.44. The summed E-state index contributed by atoms with van der Waals surface area (Å²) in [6.07, 6.45) is 1.65. The molecule has 0 bridgehead atoms. The molecule has 1 aromatic carbocycles. The maximum atomic E-state index is 12.8. The SMILES string of the molecule is CCN(CC)CCN(Cc1cc2cccc(C)c2[nH]c1=O)C(=S)NCc1ccco1. The number of para-hydroxylation sites is 1. The van der Waals surface area contributed by atoms with E-state index in [0.29, 0.717) is 23.8 Å². The Bertz CT molecular complexity index is 1030. The number of nitrogens with one attached hydrogen (secondary N) is 2. The van der Waals surface area contributed by atoms with Gasteiger partial charge in [-0.1, -0.05) is 32.0 Å². The summed E-state index contributed by atoms with van der Waals surface area (Å²) in [5.41, 5.74) is 2.58. The van der Waals surface area contributed by atoms with Gasteiger partial charge in [-0.05, 0) is 61.4 Å². The highest BCUT2D eigenvalue weighted by atomic mass is 32.1. The molecule has 6 nitrogen and oxygen atoms in total. The Balaban J connectivity index is 1.80. The molecule has 0 radical (unpaired) electrons. The predicted molar refractivity (Wildman–Crippen MR) is 126 cm³/mol. The van der Waals surface area contributed by atoms with Gasteiger partial charge in [-0.3, -0.25) is 4.79 Å². The van der Waals surface area contributed by atoms with E-state index < -0.39 is 0 Å². The summed E-state index contributed by atoms with van der Waals surface area (Å²) in [4.78, 5) is 20.2. The van der Waals surface area contributed by atoms with Crippen LogP contribution in [0.2, 0.25) is 0 Å². The predicted octanol–water partition coefficient (Wildman–Crippen LogP) is 3.65. The zero-order valence-electron chi connectivity index (χ0n) is 17.9. The van der Waals surface area contributed by atoms with Gasteiger partial charge in [0.05, 0.1) is 24.9 Å². The number of fused-ring (bicyclic) bond motifs is 1. The van der Waals surface area contributed by atoms with E-state index in [2.05, 4.69) is 33.9 Å². The van der Waals surface area contributed by atoms with Crippen LogP contribution in [0.1, 0.15) is 30.7 Å². The monoisotopic (exact) mass is 426 g/mol. The molecule has 0 amide bonds. The van der Waals surface area contributed by atoms with Gasteiger partial charge >= 0.3 is 0 Å². The second-order valence-electron chi connectivity index (χ2n) is 7.35. The van der Waals surface area contributed by atoms with Gasteiger partial charge in [0.2, 0.25) is 0 Å². The zero-order valence-corrected chi connectivity index (χ0v) is 18.7. The lowest BCUT2D eigenvalue weighted by molar-refractivity contribution is 0.263. The van der Waals surface area contributed by atoms with Crippen LogP contribution >= 0.6 is 12.2 Å². The normalized spacial score (nSPS) is 11.2. The number of benzene rings is 1. The quantitative estimate of drug-likeness (QED) is 0.509. The molecule has 160 valence electrons.